The number of rotatable bonds is 14. The summed E-state index contributed by atoms with van der Waals surface area (Å²) in [6.07, 6.45) is 2.05. The molecule has 1 aromatic carbocycles. The van der Waals surface area contributed by atoms with Gasteiger partial charge in [0, 0.05) is 18.3 Å². The van der Waals surface area contributed by atoms with Crippen molar-refractivity contribution in [2.75, 3.05) is 31.6 Å². The Morgan fingerprint density at radius 2 is 1.68 bits per heavy atom. The second-order valence-corrected chi connectivity index (χ2v) is 15.5. The Kier molecular flexibility index (Phi) is 10.0. The molecule has 1 spiro atoms. The summed E-state index contributed by atoms with van der Waals surface area (Å²) in [5, 5.41) is 21.9. The third kappa shape index (κ3) is 6.42. The van der Waals surface area contributed by atoms with Gasteiger partial charge in [0.25, 0.3) is 0 Å². The van der Waals surface area contributed by atoms with Crippen LogP contribution in [0.3, 0.4) is 0 Å². The van der Waals surface area contributed by atoms with Crippen LogP contribution in [0.5, 0.6) is 5.75 Å². The number of thioether (sulfide) groups is 1. The Bertz CT molecular complexity index is 1170. The van der Waals surface area contributed by atoms with Crippen molar-refractivity contribution in [3.63, 3.8) is 0 Å². The largest absolute Gasteiger partial charge is 0.508 e. The Morgan fingerprint density at radius 1 is 0.977 bits per heavy atom. The van der Waals surface area contributed by atoms with E-state index < -0.39 is 24.6 Å². The van der Waals surface area contributed by atoms with E-state index in [9.17, 15) is 37.0 Å². The van der Waals surface area contributed by atoms with Gasteiger partial charge in [-0.1, -0.05) is 25.8 Å². The number of alkyl halides is 5. The van der Waals surface area contributed by atoms with Gasteiger partial charge in [-0.3, -0.25) is 4.79 Å². The van der Waals surface area contributed by atoms with Gasteiger partial charge in [-0.2, -0.15) is 33.7 Å². The monoisotopic (exact) mass is 645 g/mol. The molecule has 0 saturated heterocycles. The Labute approximate surface area is 262 Å². The number of phenols is 1. The number of hydrogen-bond donors (Lipinski definition) is 2. The number of halogens is 5. The molecule has 0 aliphatic heterocycles. The molecular formula is C34H48F5NO3S. The van der Waals surface area contributed by atoms with Crippen molar-refractivity contribution < 1.29 is 37.0 Å². The van der Waals surface area contributed by atoms with E-state index in [2.05, 4.69) is 11.8 Å². The summed E-state index contributed by atoms with van der Waals surface area (Å²) in [5.41, 5.74) is 1.91. The average molecular weight is 646 g/mol. The number of phenolic OH excluding ortho intramolecular Hbond substituents is 1. The molecule has 0 heterocycles. The number of aromatic hydroxyl groups is 1. The first-order valence-corrected chi connectivity index (χ1v) is 17.6. The quantitative estimate of drug-likeness (QED) is 0.157. The van der Waals surface area contributed by atoms with Crippen LogP contribution in [0.1, 0.15) is 107 Å². The van der Waals surface area contributed by atoms with E-state index in [1.165, 1.54) is 11.8 Å². The number of carbonyl (C=O) groups excluding carboxylic acids is 1. The van der Waals surface area contributed by atoms with E-state index in [1.54, 1.807) is 12.1 Å². The summed E-state index contributed by atoms with van der Waals surface area (Å²) in [5.74, 6) is -2.03. The van der Waals surface area contributed by atoms with Gasteiger partial charge in [0.1, 0.15) is 11.5 Å². The zero-order valence-electron chi connectivity index (χ0n) is 26.0. The molecule has 2 N–H and O–H groups in total. The van der Waals surface area contributed by atoms with E-state index in [0.29, 0.717) is 29.8 Å². The van der Waals surface area contributed by atoms with Crippen LogP contribution in [0, 0.1) is 28.6 Å². The van der Waals surface area contributed by atoms with Crippen molar-refractivity contribution in [1.82, 2.24) is 4.90 Å². The minimum absolute atomic E-state index is 0.0206. The number of carbonyl (C=O) groups is 1. The molecule has 1 aromatic rings. The van der Waals surface area contributed by atoms with Gasteiger partial charge in [-0.15, -0.1) is 0 Å². The van der Waals surface area contributed by atoms with E-state index >= 15 is 0 Å². The van der Waals surface area contributed by atoms with Gasteiger partial charge in [0.2, 0.25) is 0 Å². The molecule has 10 heteroatoms. The van der Waals surface area contributed by atoms with Crippen LogP contribution < -0.4 is 0 Å². The molecule has 3 fully saturated rings. The molecular weight excluding hydrogens is 597 g/mol. The maximum atomic E-state index is 13.3. The molecule has 248 valence electrons. The highest BCUT2D eigenvalue weighted by Crippen LogP contribution is 2.75. The van der Waals surface area contributed by atoms with Gasteiger partial charge >= 0.3 is 12.1 Å². The molecule has 0 radical (unpaired) electrons. The summed E-state index contributed by atoms with van der Waals surface area (Å²) in [7, 11) is 2.04. The normalized spacial score (nSPS) is 30.8. The molecule has 4 aliphatic carbocycles. The lowest BCUT2D eigenvalue weighted by molar-refractivity contribution is -0.284. The summed E-state index contributed by atoms with van der Waals surface area (Å²) < 4.78 is 62.8. The van der Waals surface area contributed by atoms with Gasteiger partial charge in [-0.05, 0) is 135 Å². The standard InChI is InChI=1S/C34H48F5NO3S/c1-31-13-11-24-23-10-9-22(41)20-26(23)30(43)25(29(24)27(31)21-28(42)32(31)14-15-32)8-4-3-5-16-40(2)17-7-19-44-18-6-12-33(35,36)34(37,38)39/h9-10,20,24-25,27,29-30,41,43H,3-8,11-19,21H2,1-2H3/t24?,25-,27?,29?,30-,31?/m0/s1. The number of unbranched alkanes of at least 4 members (excludes halogenated alkanes) is 2. The van der Waals surface area contributed by atoms with Crippen molar-refractivity contribution >= 4 is 17.5 Å². The van der Waals surface area contributed by atoms with Crippen molar-refractivity contribution in [3.8, 4) is 5.75 Å². The fourth-order valence-electron chi connectivity index (χ4n) is 9.22. The van der Waals surface area contributed by atoms with E-state index in [4.69, 9.17) is 0 Å². The zero-order valence-corrected chi connectivity index (χ0v) is 26.8. The lowest BCUT2D eigenvalue weighted by Crippen LogP contribution is -2.47. The van der Waals surface area contributed by atoms with Crippen LogP contribution in [0.15, 0.2) is 18.2 Å². The fraction of sp³-hybridized carbons (Fsp3) is 0.794. The highest BCUT2D eigenvalue weighted by molar-refractivity contribution is 7.99. The highest BCUT2D eigenvalue weighted by atomic mass is 32.2. The maximum absolute atomic E-state index is 13.3. The van der Waals surface area contributed by atoms with Crippen LogP contribution in [0.4, 0.5) is 22.0 Å². The number of aliphatic hydroxyl groups excluding tert-OH is 1. The Hall–Kier alpha value is -1.39. The van der Waals surface area contributed by atoms with Crippen molar-refractivity contribution in [3.05, 3.63) is 29.3 Å². The molecule has 4 nitrogen and oxygen atoms in total. The van der Waals surface area contributed by atoms with Gasteiger partial charge in [-0.25, -0.2) is 0 Å². The summed E-state index contributed by atoms with van der Waals surface area (Å²) >= 11 is 1.42. The van der Waals surface area contributed by atoms with Crippen molar-refractivity contribution in [2.24, 2.45) is 28.6 Å². The first kappa shape index (κ1) is 34.0. The van der Waals surface area contributed by atoms with Crippen molar-refractivity contribution in [1.29, 1.82) is 0 Å². The second kappa shape index (κ2) is 13.0. The molecule has 3 saturated carbocycles. The second-order valence-electron chi connectivity index (χ2n) is 14.3. The molecule has 5 rings (SSSR count). The summed E-state index contributed by atoms with van der Waals surface area (Å²) in [6, 6.07) is 5.47. The summed E-state index contributed by atoms with van der Waals surface area (Å²) in [6.45, 7) is 4.10. The lowest BCUT2D eigenvalue weighted by atomic mass is 9.50. The zero-order chi connectivity index (χ0) is 31.9. The molecule has 44 heavy (non-hydrogen) atoms. The molecule has 4 aliphatic rings. The molecule has 6 atom stereocenters. The molecule has 0 aromatic heterocycles. The predicted molar refractivity (Wildman–Crippen MR) is 163 cm³/mol. The molecule has 4 unspecified atom stereocenters. The minimum atomic E-state index is -5.47. The van der Waals surface area contributed by atoms with E-state index in [1.807, 2.05) is 13.1 Å². The van der Waals surface area contributed by atoms with E-state index in [0.717, 1.165) is 87.8 Å². The predicted octanol–water partition coefficient (Wildman–Crippen LogP) is 8.52. The van der Waals surface area contributed by atoms with Gasteiger partial charge < -0.3 is 15.1 Å². The van der Waals surface area contributed by atoms with E-state index in [-0.39, 0.29) is 34.8 Å². The number of benzene rings is 1. The number of fused-ring (bicyclic) bond motifs is 6. The number of nitrogens with zero attached hydrogens (tertiary/aromatic N) is 1. The first-order valence-electron chi connectivity index (χ1n) is 16.5. The highest BCUT2D eigenvalue weighted by Gasteiger charge is 2.72. The first-order chi connectivity index (χ1) is 20.7. The van der Waals surface area contributed by atoms with Crippen LogP contribution in [-0.2, 0) is 4.79 Å². The SMILES string of the molecule is CN(CCCCC[C@H]1C2C(CCC3(C)C2CC(=O)C32CC2)c2ccc(O)cc2[C@H]1O)CCCSCCCC(F)(F)C(F)(F)F. The lowest BCUT2D eigenvalue weighted by Gasteiger charge is -2.54. The van der Waals surface area contributed by atoms with Crippen LogP contribution in [0.25, 0.3) is 0 Å². The fourth-order valence-corrected chi connectivity index (χ4v) is 10.1. The topological polar surface area (TPSA) is 60.8 Å². The number of hydrogen-bond acceptors (Lipinski definition) is 5. The van der Waals surface area contributed by atoms with Crippen LogP contribution >= 0.6 is 11.8 Å². The molecule has 0 amide bonds. The third-order valence-corrected chi connectivity index (χ3v) is 12.9. The third-order valence-electron chi connectivity index (χ3n) is 11.8. The Morgan fingerprint density at radius 3 is 2.39 bits per heavy atom. The Balaban J connectivity index is 1.08. The van der Waals surface area contributed by atoms with Gasteiger partial charge in [0.05, 0.1) is 6.10 Å². The number of Topliss-reactive ketones (excluding diaryl/α,β-unsaturated/α-hetero) is 1. The molecule has 0 bridgehead atoms. The maximum Gasteiger partial charge on any atom is 0.453 e. The average Bonchev–Trinajstić information content (AvgIpc) is 3.74. The van der Waals surface area contributed by atoms with Crippen molar-refractivity contribution in [2.45, 2.75) is 108 Å². The van der Waals surface area contributed by atoms with Crippen LogP contribution in [-0.4, -0.2) is 64.6 Å². The van der Waals surface area contributed by atoms with Crippen LogP contribution in [0.2, 0.25) is 0 Å². The smallest absolute Gasteiger partial charge is 0.453 e. The minimum Gasteiger partial charge on any atom is -0.508 e. The summed E-state index contributed by atoms with van der Waals surface area (Å²) in [4.78, 5) is 15.5. The van der Waals surface area contributed by atoms with Gasteiger partial charge in [0.15, 0.2) is 0 Å². The number of ketones is 1. The number of aliphatic hydroxyl groups is 1.